The number of likely N-dealkylation sites (tertiary alicyclic amines) is 1. The SMILES string of the molecule is CC(C)Cc1ccc(C(=O)N=C(N)c2ccc(CN3CC(C(=O)O)C3)nc2)cc1F. The third kappa shape index (κ3) is 5.27. The first-order valence-corrected chi connectivity index (χ1v) is 9.80. The van der Waals surface area contributed by atoms with Crippen LogP contribution in [0.15, 0.2) is 41.5 Å². The maximum Gasteiger partial charge on any atom is 0.309 e. The molecule has 0 radical (unpaired) electrons. The first-order valence-electron chi connectivity index (χ1n) is 9.80. The lowest BCUT2D eigenvalue weighted by Crippen LogP contribution is -2.49. The molecule has 7 nitrogen and oxygen atoms in total. The molecule has 3 rings (SSSR count). The smallest absolute Gasteiger partial charge is 0.309 e. The van der Waals surface area contributed by atoms with Crippen LogP contribution in [0.25, 0.3) is 0 Å². The van der Waals surface area contributed by atoms with E-state index in [2.05, 4.69) is 9.98 Å². The Hall–Kier alpha value is -3.13. The summed E-state index contributed by atoms with van der Waals surface area (Å²) in [6.07, 6.45) is 2.11. The second-order valence-corrected chi connectivity index (χ2v) is 7.97. The van der Waals surface area contributed by atoms with Crippen LogP contribution in [0.1, 0.15) is 41.0 Å². The van der Waals surface area contributed by atoms with Crippen LogP contribution in [0.5, 0.6) is 0 Å². The maximum absolute atomic E-state index is 14.2. The van der Waals surface area contributed by atoms with Crippen molar-refractivity contribution in [1.82, 2.24) is 9.88 Å². The summed E-state index contributed by atoms with van der Waals surface area (Å²) in [6.45, 7) is 5.55. The van der Waals surface area contributed by atoms with E-state index in [-0.39, 0.29) is 17.3 Å². The number of carboxylic acids is 1. The molecule has 1 aliphatic heterocycles. The predicted octanol–water partition coefficient (Wildman–Crippen LogP) is 2.48. The van der Waals surface area contributed by atoms with E-state index < -0.39 is 17.7 Å². The average Bonchev–Trinajstić information content (AvgIpc) is 2.65. The molecule has 0 atom stereocenters. The van der Waals surface area contributed by atoms with Crippen LogP contribution >= 0.6 is 0 Å². The Morgan fingerprint density at radius 2 is 1.97 bits per heavy atom. The molecular weight excluding hydrogens is 387 g/mol. The number of nitrogens with two attached hydrogens (primary N) is 1. The van der Waals surface area contributed by atoms with Gasteiger partial charge in [0.25, 0.3) is 5.91 Å². The lowest BCUT2D eigenvalue weighted by molar-refractivity contribution is -0.147. The molecule has 1 aliphatic rings. The van der Waals surface area contributed by atoms with Crippen LogP contribution in [0.3, 0.4) is 0 Å². The summed E-state index contributed by atoms with van der Waals surface area (Å²) in [5.74, 6) is -1.83. The molecule has 0 saturated carbocycles. The number of aliphatic imine (C=N–C) groups is 1. The monoisotopic (exact) mass is 412 g/mol. The molecule has 1 saturated heterocycles. The van der Waals surface area contributed by atoms with Crippen molar-refractivity contribution in [3.05, 3.63) is 64.7 Å². The van der Waals surface area contributed by atoms with Crippen molar-refractivity contribution < 1.29 is 19.1 Å². The Bertz CT molecular complexity index is 967. The lowest BCUT2D eigenvalue weighted by atomic mass is 10.0. The first kappa shape index (κ1) is 21.6. The summed E-state index contributed by atoms with van der Waals surface area (Å²) < 4.78 is 14.2. The van der Waals surface area contributed by atoms with Crippen molar-refractivity contribution in [3.8, 4) is 0 Å². The molecule has 2 aromatic rings. The summed E-state index contributed by atoms with van der Waals surface area (Å²) in [4.78, 5) is 33.4. The minimum absolute atomic E-state index is 0.000562. The Morgan fingerprint density at radius 1 is 1.27 bits per heavy atom. The molecule has 1 aromatic heterocycles. The Labute approximate surface area is 174 Å². The normalized spacial score (nSPS) is 15.3. The van der Waals surface area contributed by atoms with Crippen molar-refractivity contribution >= 4 is 17.7 Å². The van der Waals surface area contributed by atoms with Gasteiger partial charge in [0.05, 0.1) is 11.6 Å². The minimum atomic E-state index is -0.780. The fourth-order valence-electron chi connectivity index (χ4n) is 3.28. The minimum Gasteiger partial charge on any atom is -0.481 e. The summed E-state index contributed by atoms with van der Waals surface area (Å²) in [6, 6.07) is 7.82. The maximum atomic E-state index is 14.2. The molecular formula is C22H25FN4O3. The van der Waals surface area contributed by atoms with Gasteiger partial charge in [-0.05, 0) is 42.2 Å². The number of aliphatic carboxylic acids is 1. The first-order chi connectivity index (χ1) is 14.2. The molecule has 0 unspecified atom stereocenters. The largest absolute Gasteiger partial charge is 0.481 e. The number of carbonyl (C=O) groups excluding carboxylic acids is 1. The average molecular weight is 412 g/mol. The number of amidine groups is 1. The number of carbonyl (C=O) groups is 2. The fourth-order valence-corrected chi connectivity index (χ4v) is 3.28. The number of pyridine rings is 1. The van der Waals surface area contributed by atoms with E-state index in [4.69, 9.17) is 10.8 Å². The van der Waals surface area contributed by atoms with Gasteiger partial charge < -0.3 is 10.8 Å². The summed E-state index contributed by atoms with van der Waals surface area (Å²) in [7, 11) is 0. The number of carboxylic acid groups (broad SMARTS) is 1. The van der Waals surface area contributed by atoms with Gasteiger partial charge in [-0.15, -0.1) is 0 Å². The molecule has 1 aromatic carbocycles. The molecule has 1 amide bonds. The molecule has 30 heavy (non-hydrogen) atoms. The van der Waals surface area contributed by atoms with Crippen LogP contribution < -0.4 is 5.73 Å². The van der Waals surface area contributed by atoms with Gasteiger partial charge in [-0.25, -0.2) is 4.39 Å². The van der Waals surface area contributed by atoms with Crippen molar-refractivity contribution in [3.63, 3.8) is 0 Å². The zero-order valence-corrected chi connectivity index (χ0v) is 17.0. The van der Waals surface area contributed by atoms with E-state index in [1.165, 1.54) is 12.3 Å². The number of halogens is 1. The Balaban J connectivity index is 1.63. The summed E-state index contributed by atoms with van der Waals surface area (Å²) in [5.41, 5.74) is 7.88. The van der Waals surface area contributed by atoms with E-state index in [1.807, 2.05) is 18.7 Å². The Morgan fingerprint density at radius 3 is 2.53 bits per heavy atom. The molecule has 8 heteroatoms. The number of nitrogens with zero attached hydrogens (tertiary/aromatic N) is 3. The van der Waals surface area contributed by atoms with E-state index in [1.54, 1.807) is 24.3 Å². The van der Waals surface area contributed by atoms with Crippen molar-refractivity contribution in [2.24, 2.45) is 22.6 Å². The molecule has 0 aliphatic carbocycles. The van der Waals surface area contributed by atoms with E-state index in [0.29, 0.717) is 43.1 Å². The van der Waals surface area contributed by atoms with Crippen LogP contribution in [0, 0.1) is 17.7 Å². The number of aromatic nitrogens is 1. The lowest BCUT2D eigenvalue weighted by Gasteiger charge is -2.36. The van der Waals surface area contributed by atoms with E-state index in [0.717, 1.165) is 5.69 Å². The second kappa shape index (κ2) is 9.13. The zero-order valence-electron chi connectivity index (χ0n) is 17.0. The van der Waals surface area contributed by atoms with E-state index in [9.17, 15) is 14.0 Å². The number of rotatable bonds is 7. The molecule has 3 N–H and O–H groups in total. The predicted molar refractivity (Wildman–Crippen MR) is 111 cm³/mol. The standard InChI is InChI=1S/C22H25FN4O3/c1-13(2)7-14-3-4-15(8-19(14)23)21(28)26-20(24)16-5-6-18(25-9-16)12-27-10-17(11-27)22(29)30/h3-6,8-9,13,17H,7,10-12H2,1-2H3,(H,29,30)(H2,24,26,28). The van der Waals surface area contributed by atoms with E-state index >= 15 is 0 Å². The highest BCUT2D eigenvalue weighted by Gasteiger charge is 2.32. The number of hydrogen-bond donors (Lipinski definition) is 2. The van der Waals surface area contributed by atoms with Crippen LogP contribution in [0.4, 0.5) is 4.39 Å². The Kier molecular flexibility index (Phi) is 6.56. The van der Waals surface area contributed by atoms with Gasteiger partial charge in [0.15, 0.2) is 0 Å². The second-order valence-electron chi connectivity index (χ2n) is 7.97. The molecule has 0 bridgehead atoms. The van der Waals surface area contributed by atoms with Gasteiger partial charge in [-0.2, -0.15) is 4.99 Å². The quantitative estimate of drug-likeness (QED) is 0.534. The highest BCUT2D eigenvalue weighted by Crippen LogP contribution is 2.18. The molecule has 1 fully saturated rings. The molecule has 158 valence electrons. The summed E-state index contributed by atoms with van der Waals surface area (Å²) in [5, 5.41) is 8.91. The topological polar surface area (TPSA) is 109 Å². The van der Waals surface area contributed by atoms with Crippen molar-refractivity contribution in [2.45, 2.75) is 26.8 Å². The highest BCUT2D eigenvalue weighted by atomic mass is 19.1. The number of benzene rings is 1. The number of amides is 1. The zero-order chi connectivity index (χ0) is 21.8. The van der Waals surface area contributed by atoms with Gasteiger partial charge in [0.2, 0.25) is 0 Å². The molecule has 2 heterocycles. The van der Waals surface area contributed by atoms with Gasteiger partial charge in [0, 0.05) is 37.0 Å². The molecule has 0 spiro atoms. The number of hydrogen-bond acceptors (Lipinski definition) is 4. The van der Waals surface area contributed by atoms with Gasteiger partial charge in [-0.3, -0.25) is 19.5 Å². The van der Waals surface area contributed by atoms with Crippen molar-refractivity contribution in [1.29, 1.82) is 0 Å². The van der Waals surface area contributed by atoms with Crippen molar-refractivity contribution in [2.75, 3.05) is 13.1 Å². The fraction of sp³-hybridized carbons (Fsp3) is 0.364. The van der Waals surface area contributed by atoms with Gasteiger partial charge in [-0.1, -0.05) is 19.9 Å². The van der Waals surface area contributed by atoms with Gasteiger partial charge in [0.1, 0.15) is 11.7 Å². The summed E-state index contributed by atoms with van der Waals surface area (Å²) >= 11 is 0. The third-order valence-electron chi connectivity index (χ3n) is 4.96. The third-order valence-corrected chi connectivity index (χ3v) is 4.96. The van der Waals surface area contributed by atoms with Crippen LogP contribution in [-0.4, -0.2) is 45.8 Å². The highest BCUT2D eigenvalue weighted by molar-refractivity contribution is 6.08. The van der Waals surface area contributed by atoms with Crippen LogP contribution in [-0.2, 0) is 17.8 Å². The van der Waals surface area contributed by atoms with Gasteiger partial charge >= 0.3 is 5.97 Å². The van der Waals surface area contributed by atoms with Crippen LogP contribution in [0.2, 0.25) is 0 Å².